The maximum absolute atomic E-state index is 12.6. The van der Waals surface area contributed by atoms with Gasteiger partial charge in [-0.05, 0) is 12.1 Å². The number of rotatable bonds is 4. The van der Waals surface area contributed by atoms with Crippen LogP contribution in [0, 0.1) is 6.92 Å². The minimum absolute atomic E-state index is 0.142. The van der Waals surface area contributed by atoms with Crippen molar-refractivity contribution in [1.29, 1.82) is 0 Å². The van der Waals surface area contributed by atoms with E-state index in [9.17, 15) is 4.79 Å². The van der Waals surface area contributed by atoms with Gasteiger partial charge in [0.25, 0.3) is 5.91 Å². The van der Waals surface area contributed by atoms with Gasteiger partial charge in [0.15, 0.2) is 17.3 Å². The Kier molecular flexibility index (Phi) is 4.06. The first-order valence-corrected chi connectivity index (χ1v) is 8.00. The zero-order valence-corrected chi connectivity index (χ0v) is 13.7. The summed E-state index contributed by atoms with van der Waals surface area (Å²) in [5.74, 6) is 2.07. The summed E-state index contributed by atoms with van der Waals surface area (Å²) in [5, 5.41) is 7.76. The average Bonchev–Trinajstić information content (AvgIpc) is 3.36. The van der Waals surface area contributed by atoms with E-state index in [4.69, 9.17) is 13.5 Å². The minimum Gasteiger partial charge on any atom is -0.461 e. The van der Waals surface area contributed by atoms with Crippen LogP contribution in [0.15, 0.2) is 37.9 Å². The third-order valence-corrected chi connectivity index (χ3v) is 4.09. The largest absolute Gasteiger partial charge is 0.461 e. The summed E-state index contributed by atoms with van der Waals surface area (Å²) in [5.41, 5.74) is 0.286. The van der Waals surface area contributed by atoms with Gasteiger partial charge >= 0.3 is 0 Å². The molecule has 0 N–H and O–H groups in total. The zero-order valence-electron chi connectivity index (χ0n) is 13.7. The maximum Gasteiger partial charge on any atom is 0.276 e. The molecule has 9 nitrogen and oxygen atoms in total. The summed E-state index contributed by atoms with van der Waals surface area (Å²) in [6, 6.07) is 5.12. The monoisotopic (exact) mass is 343 g/mol. The molecule has 4 heterocycles. The number of carbonyl (C=O) groups excluding carboxylic acids is 1. The fourth-order valence-corrected chi connectivity index (χ4v) is 2.79. The van der Waals surface area contributed by atoms with E-state index in [1.807, 2.05) is 0 Å². The van der Waals surface area contributed by atoms with Crippen LogP contribution < -0.4 is 0 Å². The fraction of sp³-hybridized carbons (Fsp3) is 0.375. The smallest absolute Gasteiger partial charge is 0.276 e. The van der Waals surface area contributed by atoms with Gasteiger partial charge in [0, 0.05) is 39.2 Å². The van der Waals surface area contributed by atoms with Crippen LogP contribution in [0.1, 0.15) is 22.2 Å². The summed E-state index contributed by atoms with van der Waals surface area (Å²) in [6.07, 6.45) is 1.55. The molecule has 1 aliphatic heterocycles. The van der Waals surface area contributed by atoms with Crippen molar-refractivity contribution in [2.75, 3.05) is 26.2 Å². The number of aromatic nitrogens is 3. The molecule has 1 fully saturated rings. The summed E-state index contributed by atoms with van der Waals surface area (Å²) in [7, 11) is 0. The van der Waals surface area contributed by atoms with E-state index in [1.165, 1.54) is 0 Å². The molecule has 9 heteroatoms. The molecule has 0 radical (unpaired) electrons. The second-order valence-electron chi connectivity index (χ2n) is 5.85. The molecule has 0 saturated carbocycles. The Morgan fingerprint density at radius 2 is 2.00 bits per heavy atom. The third-order valence-electron chi connectivity index (χ3n) is 4.09. The fourth-order valence-electron chi connectivity index (χ4n) is 2.79. The summed E-state index contributed by atoms with van der Waals surface area (Å²) >= 11 is 0. The van der Waals surface area contributed by atoms with E-state index >= 15 is 0 Å². The molecule has 0 unspecified atom stereocenters. The van der Waals surface area contributed by atoms with Crippen LogP contribution in [0.4, 0.5) is 0 Å². The first-order chi connectivity index (χ1) is 12.2. The van der Waals surface area contributed by atoms with Gasteiger partial charge in [-0.15, -0.1) is 0 Å². The van der Waals surface area contributed by atoms with Crippen LogP contribution in [-0.4, -0.2) is 57.2 Å². The molecule has 0 bridgehead atoms. The van der Waals surface area contributed by atoms with E-state index in [-0.39, 0.29) is 11.6 Å². The van der Waals surface area contributed by atoms with E-state index in [1.54, 1.807) is 36.3 Å². The molecular formula is C16H17N5O4. The van der Waals surface area contributed by atoms with Crippen LogP contribution in [0.25, 0.3) is 11.5 Å². The van der Waals surface area contributed by atoms with Crippen molar-refractivity contribution in [3.8, 4) is 11.5 Å². The molecule has 0 aliphatic carbocycles. The number of furan rings is 1. The minimum atomic E-state index is -0.142. The summed E-state index contributed by atoms with van der Waals surface area (Å²) in [6.45, 7) is 5.08. The highest BCUT2D eigenvalue weighted by molar-refractivity contribution is 5.93. The normalized spacial score (nSPS) is 15.6. The van der Waals surface area contributed by atoms with E-state index in [0.717, 1.165) is 13.1 Å². The van der Waals surface area contributed by atoms with E-state index < -0.39 is 0 Å². The number of nitrogens with zero attached hydrogens (tertiary/aromatic N) is 5. The van der Waals surface area contributed by atoms with E-state index in [2.05, 4.69) is 20.2 Å². The zero-order chi connectivity index (χ0) is 17.2. The molecule has 0 spiro atoms. The molecule has 3 aromatic heterocycles. The molecule has 0 atom stereocenters. The number of hydrogen-bond donors (Lipinski definition) is 0. The molecule has 4 rings (SSSR count). The van der Waals surface area contributed by atoms with Gasteiger partial charge in [-0.25, -0.2) is 0 Å². The predicted octanol–water partition coefficient (Wildman–Crippen LogP) is 1.58. The van der Waals surface area contributed by atoms with Gasteiger partial charge in [-0.3, -0.25) is 9.69 Å². The Bertz CT molecular complexity index is 846. The summed E-state index contributed by atoms with van der Waals surface area (Å²) in [4.78, 5) is 20.7. The Hall–Kier alpha value is -2.94. The van der Waals surface area contributed by atoms with Crippen molar-refractivity contribution in [3.05, 3.63) is 41.9 Å². The quantitative estimate of drug-likeness (QED) is 0.704. The van der Waals surface area contributed by atoms with Crippen LogP contribution >= 0.6 is 0 Å². The van der Waals surface area contributed by atoms with Gasteiger partial charge in [0.05, 0.1) is 12.8 Å². The SMILES string of the molecule is Cc1nc(CN2CCN(C(=O)c3cc(-c4ccco4)on3)CC2)no1. The van der Waals surface area contributed by atoms with Gasteiger partial charge in [-0.1, -0.05) is 10.3 Å². The van der Waals surface area contributed by atoms with Crippen LogP contribution in [-0.2, 0) is 6.54 Å². The molecule has 25 heavy (non-hydrogen) atoms. The highest BCUT2D eigenvalue weighted by atomic mass is 16.5. The Labute approximate surface area is 143 Å². The number of aryl methyl sites for hydroxylation is 1. The number of hydrogen-bond acceptors (Lipinski definition) is 8. The van der Waals surface area contributed by atoms with Crippen molar-refractivity contribution in [2.45, 2.75) is 13.5 Å². The van der Waals surface area contributed by atoms with Crippen LogP contribution in [0.2, 0.25) is 0 Å². The van der Waals surface area contributed by atoms with Crippen LogP contribution in [0.5, 0.6) is 0 Å². The molecule has 1 aliphatic rings. The van der Waals surface area contributed by atoms with Crippen molar-refractivity contribution in [2.24, 2.45) is 0 Å². The summed E-state index contributed by atoms with van der Waals surface area (Å²) < 4.78 is 15.4. The standard InChI is InChI=1S/C16H17N5O4/c1-11-17-15(19-24-11)10-20-4-6-21(7-5-20)16(22)12-9-14(25-18-12)13-3-2-8-23-13/h2-3,8-9H,4-7,10H2,1H3. The number of piperazine rings is 1. The van der Waals surface area contributed by atoms with Gasteiger partial charge in [-0.2, -0.15) is 4.98 Å². The first-order valence-electron chi connectivity index (χ1n) is 8.00. The lowest BCUT2D eigenvalue weighted by Crippen LogP contribution is -2.48. The highest BCUT2D eigenvalue weighted by Crippen LogP contribution is 2.21. The number of carbonyl (C=O) groups is 1. The first kappa shape index (κ1) is 15.6. The second-order valence-corrected chi connectivity index (χ2v) is 5.85. The lowest BCUT2D eigenvalue weighted by molar-refractivity contribution is 0.0614. The van der Waals surface area contributed by atoms with Crippen molar-refractivity contribution in [3.63, 3.8) is 0 Å². The third kappa shape index (κ3) is 3.31. The Balaban J connectivity index is 1.35. The average molecular weight is 343 g/mol. The molecule has 1 amide bonds. The second kappa shape index (κ2) is 6.52. The van der Waals surface area contributed by atoms with Crippen molar-refractivity contribution in [1.82, 2.24) is 25.1 Å². The molecule has 0 aromatic carbocycles. The maximum atomic E-state index is 12.6. The van der Waals surface area contributed by atoms with E-state index in [0.29, 0.717) is 42.9 Å². The Morgan fingerprint density at radius 1 is 1.16 bits per heavy atom. The van der Waals surface area contributed by atoms with Crippen molar-refractivity contribution < 1.29 is 18.3 Å². The van der Waals surface area contributed by atoms with Gasteiger partial charge in [0.2, 0.25) is 11.7 Å². The lowest BCUT2D eigenvalue weighted by Gasteiger charge is -2.33. The topological polar surface area (TPSA) is 102 Å². The van der Waals surface area contributed by atoms with Crippen molar-refractivity contribution >= 4 is 5.91 Å². The molecule has 130 valence electrons. The predicted molar refractivity (Wildman–Crippen MR) is 84.4 cm³/mol. The number of amides is 1. The highest BCUT2D eigenvalue weighted by Gasteiger charge is 2.25. The lowest BCUT2D eigenvalue weighted by atomic mass is 10.2. The Morgan fingerprint density at radius 3 is 2.68 bits per heavy atom. The molecular weight excluding hydrogens is 326 g/mol. The van der Waals surface area contributed by atoms with Gasteiger partial charge < -0.3 is 18.4 Å². The van der Waals surface area contributed by atoms with Crippen LogP contribution in [0.3, 0.4) is 0 Å². The molecule has 3 aromatic rings. The van der Waals surface area contributed by atoms with Gasteiger partial charge in [0.1, 0.15) is 0 Å². The molecule has 1 saturated heterocycles.